The molecule has 0 aliphatic rings. The molecule has 0 aliphatic heterocycles. The summed E-state index contributed by atoms with van der Waals surface area (Å²) in [4.78, 5) is 0. The third kappa shape index (κ3) is 19.5. The van der Waals surface area contributed by atoms with E-state index in [-0.39, 0.29) is 30.0 Å². The summed E-state index contributed by atoms with van der Waals surface area (Å²) in [5.41, 5.74) is 0. The summed E-state index contributed by atoms with van der Waals surface area (Å²) in [7, 11) is -7.55. The molecule has 1 radical (unpaired) electrons. The van der Waals surface area contributed by atoms with E-state index in [0.29, 0.717) is 25.7 Å². The summed E-state index contributed by atoms with van der Waals surface area (Å²) in [6.07, 6.45) is 2.48. The largest absolute Gasteiger partial charge is 2.00 e. The Morgan fingerprint density at radius 2 is 1.00 bits per heavy atom. The van der Waals surface area contributed by atoms with Crippen LogP contribution in [0, 0.1) is 0 Å². The van der Waals surface area contributed by atoms with Crippen molar-refractivity contribution in [3.63, 3.8) is 0 Å². The average molecular weight is 367 g/mol. The zero-order chi connectivity index (χ0) is 12.7. The van der Waals surface area contributed by atoms with E-state index < -0.39 is 18.3 Å². The maximum atomic E-state index is 10.4. The molecule has 0 saturated heterocycles. The molecule has 0 amide bonds. The summed E-state index contributed by atoms with van der Waals surface area (Å²) in [6, 6.07) is 0. The SMILES string of the molecule is O=S(=O)([S-])OCCCCCCOS(=O)(=O)[S-].[Co+2]. The topological polar surface area (TPSA) is 86.7 Å². The third-order valence-corrected chi connectivity index (χ3v) is 2.98. The van der Waals surface area contributed by atoms with Crippen LogP contribution in [0.5, 0.6) is 0 Å². The molecule has 0 spiro atoms. The molecule has 6 nitrogen and oxygen atoms in total. The van der Waals surface area contributed by atoms with Crippen LogP contribution >= 0.6 is 0 Å². The van der Waals surface area contributed by atoms with Gasteiger partial charge in [-0.3, -0.25) is 8.37 Å². The Balaban J connectivity index is 0. The van der Waals surface area contributed by atoms with Gasteiger partial charge in [-0.15, -0.1) is 0 Å². The van der Waals surface area contributed by atoms with Crippen molar-refractivity contribution in [3.8, 4) is 0 Å². The Kier molecular flexibility index (Phi) is 11.8. The second kappa shape index (κ2) is 9.89. The van der Waals surface area contributed by atoms with E-state index >= 15 is 0 Å². The van der Waals surface area contributed by atoms with Gasteiger partial charge in [0.2, 0.25) is 0 Å². The zero-order valence-electron chi connectivity index (χ0n) is 8.66. The van der Waals surface area contributed by atoms with Crippen molar-refractivity contribution in [2.75, 3.05) is 13.2 Å². The van der Waals surface area contributed by atoms with Crippen LogP contribution in [-0.2, 0) is 66.8 Å². The first-order valence-corrected chi connectivity index (χ1v) is 9.08. The van der Waals surface area contributed by atoms with E-state index in [1.807, 2.05) is 0 Å². The van der Waals surface area contributed by atoms with Crippen molar-refractivity contribution in [3.05, 3.63) is 0 Å². The summed E-state index contributed by atoms with van der Waals surface area (Å²) >= 11 is 7.99. The molecule has 0 aromatic rings. The molecule has 0 bridgehead atoms. The van der Waals surface area contributed by atoms with E-state index in [1.54, 1.807) is 0 Å². The van der Waals surface area contributed by atoms with Crippen LogP contribution in [0.15, 0.2) is 0 Å². The molecule has 0 N–H and O–H groups in total. The monoisotopic (exact) mass is 367 g/mol. The van der Waals surface area contributed by atoms with Gasteiger partial charge < -0.3 is 23.3 Å². The summed E-state index contributed by atoms with van der Waals surface area (Å²) in [5, 5.41) is 0. The van der Waals surface area contributed by atoms with Crippen molar-refractivity contribution in [1.82, 2.24) is 0 Å². The predicted octanol–water partition coefficient (Wildman–Crippen LogP) is 0.161. The molecule has 0 rings (SSSR count). The van der Waals surface area contributed by atoms with Crippen LogP contribution < -0.4 is 0 Å². The third-order valence-electron chi connectivity index (χ3n) is 1.49. The fourth-order valence-electron chi connectivity index (χ4n) is 0.880. The normalized spacial score (nSPS) is 12.1. The second-order valence-corrected chi connectivity index (χ2v) is 7.43. The van der Waals surface area contributed by atoms with E-state index in [0.717, 1.165) is 0 Å². The van der Waals surface area contributed by atoms with Crippen molar-refractivity contribution in [1.29, 1.82) is 0 Å². The van der Waals surface area contributed by atoms with Crippen molar-refractivity contribution >= 4 is 41.6 Å². The molecule has 17 heavy (non-hydrogen) atoms. The molecule has 0 aromatic heterocycles. The van der Waals surface area contributed by atoms with Crippen molar-refractivity contribution in [2.24, 2.45) is 0 Å². The number of hydrogen-bond donors (Lipinski definition) is 0. The average Bonchev–Trinajstić information content (AvgIpc) is 2.06. The van der Waals surface area contributed by atoms with Gasteiger partial charge in [-0.2, -0.15) is 0 Å². The van der Waals surface area contributed by atoms with Gasteiger partial charge in [0.15, 0.2) is 0 Å². The zero-order valence-corrected chi connectivity index (χ0v) is 13.0. The second-order valence-electron chi connectivity index (χ2n) is 2.87. The summed E-state index contributed by atoms with van der Waals surface area (Å²) in [5.74, 6) is 0. The predicted molar refractivity (Wildman–Crippen MR) is 62.9 cm³/mol. The van der Waals surface area contributed by atoms with Gasteiger partial charge in [0, 0.05) is 0 Å². The Bertz CT molecular complexity index is 339. The molecule has 0 atom stereocenters. The molecule has 0 aromatic carbocycles. The first-order chi connectivity index (χ1) is 7.21. The minimum absolute atomic E-state index is 0. The van der Waals surface area contributed by atoms with Gasteiger partial charge in [-0.05, 0) is 12.8 Å². The molecule has 0 aliphatic carbocycles. The number of rotatable bonds is 9. The summed E-state index contributed by atoms with van der Waals surface area (Å²) in [6.45, 7) is 0.0953. The quantitative estimate of drug-likeness (QED) is 0.324. The van der Waals surface area contributed by atoms with E-state index in [4.69, 9.17) is 0 Å². The minimum Gasteiger partial charge on any atom is -0.619 e. The molecule has 0 heterocycles. The summed E-state index contributed by atoms with van der Waals surface area (Å²) < 4.78 is 50.2. The van der Waals surface area contributed by atoms with Crippen molar-refractivity contribution < 1.29 is 42.0 Å². The molecule has 105 valence electrons. The van der Waals surface area contributed by atoms with Crippen LogP contribution in [0.3, 0.4) is 0 Å². The molecule has 0 saturated carbocycles. The molecular weight excluding hydrogens is 355 g/mol. The molecule has 11 heteroatoms. The van der Waals surface area contributed by atoms with Gasteiger partial charge in [0.25, 0.3) is 0 Å². The number of hydrogen-bond acceptors (Lipinski definition) is 8. The molecular formula is C6H12CoO6S4. The van der Waals surface area contributed by atoms with Crippen LogP contribution in [0.4, 0.5) is 0 Å². The van der Waals surface area contributed by atoms with E-state index in [1.165, 1.54) is 0 Å². The molecule has 0 unspecified atom stereocenters. The fourth-order valence-corrected chi connectivity index (χ4v) is 1.93. The van der Waals surface area contributed by atoms with Crippen LogP contribution in [0.1, 0.15) is 25.7 Å². The smallest absolute Gasteiger partial charge is 0.619 e. The van der Waals surface area contributed by atoms with Crippen molar-refractivity contribution in [2.45, 2.75) is 25.7 Å². The Morgan fingerprint density at radius 3 is 1.24 bits per heavy atom. The van der Waals surface area contributed by atoms with E-state index in [2.05, 4.69) is 31.7 Å². The first-order valence-electron chi connectivity index (χ1n) is 4.41. The van der Waals surface area contributed by atoms with E-state index in [9.17, 15) is 16.8 Å². The Labute approximate surface area is 122 Å². The Morgan fingerprint density at radius 1 is 0.706 bits per heavy atom. The first kappa shape index (κ1) is 20.3. The number of unbranched alkanes of at least 4 members (excludes halogenated alkanes) is 3. The van der Waals surface area contributed by atoms with Gasteiger partial charge in [0.05, 0.1) is 13.2 Å². The van der Waals surface area contributed by atoms with Crippen LogP contribution in [0.2, 0.25) is 0 Å². The maximum Gasteiger partial charge on any atom is 2.00 e. The van der Waals surface area contributed by atoms with Gasteiger partial charge in [-0.25, -0.2) is 16.8 Å². The van der Waals surface area contributed by atoms with Gasteiger partial charge in [0.1, 0.15) is 18.3 Å². The Hall–Kier alpha value is 1.03. The van der Waals surface area contributed by atoms with Gasteiger partial charge in [-0.1, -0.05) is 12.8 Å². The minimum atomic E-state index is -3.78. The van der Waals surface area contributed by atoms with Crippen LogP contribution in [-0.4, -0.2) is 30.0 Å². The fraction of sp³-hybridized carbons (Fsp3) is 1.00. The van der Waals surface area contributed by atoms with Crippen LogP contribution in [0.25, 0.3) is 0 Å². The molecule has 0 fully saturated rings. The van der Waals surface area contributed by atoms with Gasteiger partial charge >= 0.3 is 16.8 Å². The standard InChI is InChI=1S/C6H14O6S4.Co/c7-15(8,13)11-5-3-1-2-4-6-12-16(9,10)14;/h1-6H2,(H,7,8,13)(H,9,10,14);/q;+2/p-2. The maximum absolute atomic E-state index is 10.4.